The van der Waals surface area contributed by atoms with E-state index >= 15 is 0 Å². The summed E-state index contributed by atoms with van der Waals surface area (Å²) in [6.45, 7) is 13.1. The van der Waals surface area contributed by atoms with Crippen LogP contribution in [0.2, 0.25) is 0 Å². The molecule has 2 N–H and O–H groups in total. The zero-order chi connectivity index (χ0) is 20.3. The molecule has 1 aromatic carbocycles. The van der Waals surface area contributed by atoms with E-state index in [0.717, 1.165) is 37.2 Å². The molecule has 3 rings (SSSR count). The van der Waals surface area contributed by atoms with Gasteiger partial charge in [-0.1, -0.05) is 19.9 Å². The molecular weight excluding hydrogens is 368 g/mol. The lowest BCUT2D eigenvalue weighted by atomic mass is 9.99. The zero-order valence-electron chi connectivity index (χ0n) is 17.6. The molecule has 0 saturated carbocycles. The second kappa shape index (κ2) is 9.16. The number of nitrogens with zero attached hydrogens (tertiary/aromatic N) is 2. The Kier molecular flexibility index (Phi) is 6.86. The summed E-state index contributed by atoms with van der Waals surface area (Å²) < 4.78 is 0. The fourth-order valence-corrected chi connectivity index (χ4v) is 4.51. The minimum absolute atomic E-state index is 0.0213. The van der Waals surface area contributed by atoms with Crippen molar-refractivity contribution in [3.63, 3.8) is 0 Å². The molecule has 0 spiro atoms. The minimum Gasteiger partial charge on any atom is -0.312 e. The molecule has 0 atom stereocenters. The van der Waals surface area contributed by atoms with Crippen LogP contribution < -0.4 is 10.6 Å². The van der Waals surface area contributed by atoms with Gasteiger partial charge in [-0.2, -0.15) is 0 Å². The molecule has 1 fully saturated rings. The SMILES string of the molecule is Cc1cc(C)c(-c2csc(NC(=O)CN3CCC(NC(C)C)CC3)n2)cc1C. The number of amides is 1. The van der Waals surface area contributed by atoms with E-state index in [2.05, 4.69) is 67.3 Å². The normalized spacial score (nSPS) is 15.9. The zero-order valence-corrected chi connectivity index (χ0v) is 18.4. The van der Waals surface area contributed by atoms with Gasteiger partial charge in [0.05, 0.1) is 12.2 Å². The van der Waals surface area contributed by atoms with Crippen molar-refractivity contribution in [3.05, 3.63) is 34.2 Å². The number of piperidine rings is 1. The van der Waals surface area contributed by atoms with Crippen LogP contribution in [0.15, 0.2) is 17.5 Å². The number of likely N-dealkylation sites (tertiary alicyclic amines) is 1. The molecule has 6 heteroatoms. The first kappa shape index (κ1) is 21.0. The highest BCUT2D eigenvalue weighted by atomic mass is 32.1. The molecule has 0 bridgehead atoms. The summed E-state index contributed by atoms with van der Waals surface area (Å²) in [5.41, 5.74) is 5.83. The molecule has 0 radical (unpaired) electrons. The van der Waals surface area contributed by atoms with Crippen molar-refractivity contribution in [2.45, 2.75) is 59.5 Å². The molecule has 152 valence electrons. The Balaban J connectivity index is 1.54. The van der Waals surface area contributed by atoms with Crippen molar-refractivity contribution in [3.8, 4) is 11.3 Å². The Bertz CT molecular complexity index is 822. The topological polar surface area (TPSA) is 57.3 Å². The smallest absolute Gasteiger partial charge is 0.240 e. The fraction of sp³-hybridized carbons (Fsp3) is 0.545. The first-order chi connectivity index (χ1) is 13.3. The number of carbonyl (C=O) groups excluding carboxylic acids is 1. The second-order valence-electron chi connectivity index (χ2n) is 8.21. The Labute approximate surface area is 172 Å². The van der Waals surface area contributed by atoms with Gasteiger partial charge in [0.15, 0.2) is 5.13 Å². The van der Waals surface area contributed by atoms with E-state index in [9.17, 15) is 4.79 Å². The average Bonchev–Trinajstić information content (AvgIpc) is 3.07. The third-order valence-electron chi connectivity index (χ3n) is 5.39. The van der Waals surface area contributed by atoms with Crippen LogP contribution in [-0.4, -0.2) is 47.5 Å². The Morgan fingerprint density at radius 3 is 2.54 bits per heavy atom. The van der Waals surface area contributed by atoms with E-state index in [1.54, 1.807) is 0 Å². The molecule has 1 saturated heterocycles. The van der Waals surface area contributed by atoms with Gasteiger partial charge < -0.3 is 10.6 Å². The van der Waals surface area contributed by atoms with Crippen molar-refractivity contribution in [2.75, 3.05) is 25.0 Å². The van der Waals surface area contributed by atoms with Crippen LogP contribution in [0.5, 0.6) is 0 Å². The van der Waals surface area contributed by atoms with E-state index in [0.29, 0.717) is 23.8 Å². The summed E-state index contributed by atoms with van der Waals surface area (Å²) >= 11 is 1.49. The highest BCUT2D eigenvalue weighted by Gasteiger charge is 2.21. The van der Waals surface area contributed by atoms with Crippen LogP contribution >= 0.6 is 11.3 Å². The molecule has 1 aromatic heterocycles. The molecule has 1 amide bonds. The number of aryl methyl sites for hydroxylation is 3. The summed E-state index contributed by atoms with van der Waals surface area (Å²) in [6.07, 6.45) is 2.19. The van der Waals surface area contributed by atoms with E-state index < -0.39 is 0 Å². The maximum absolute atomic E-state index is 12.4. The number of hydrogen-bond acceptors (Lipinski definition) is 5. The largest absolute Gasteiger partial charge is 0.312 e. The van der Waals surface area contributed by atoms with Gasteiger partial charge in [0.1, 0.15) is 0 Å². The lowest BCUT2D eigenvalue weighted by Crippen LogP contribution is -2.46. The summed E-state index contributed by atoms with van der Waals surface area (Å²) in [7, 11) is 0. The molecule has 0 unspecified atom stereocenters. The first-order valence-electron chi connectivity index (χ1n) is 10.1. The fourth-order valence-electron chi connectivity index (χ4n) is 3.78. The van der Waals surface area contributed by atoms with Gasteiger partial charge in [0.25, 0.3) is 0 Å². The lowest BCUT2D eigenvalue weighted by molar-refractivity contribution is -0.117. The molecule has 1 aliphatic heterocycles. The molecule has 2 heterocycles. The average molecular weight is 401 g/mol. The number of nitrogens with one attached hydrogen (secondary N) is 2. The van der Waals surface area contributed by atoms with Crippen molar-refractivity contribution in [1.29, 1.82) is 0 Å². The van der Waals surface area contributed by atoms with Crippen LogP contribution in [0.25, 0.3) is 11.3 Å². The Morgan fingerprint density at radius 2 is 1.86 bits per heavy atom. The van der Waals surface area contributed by atoms with Crippen LogP contribution in [0.3, 0.4) is 0 Å². The van der Waals surface area contributed by atoms with Gasteiger partial charge in [0.2, 0.25) is 5.91 Å². The maximum Gasteiger partial charge on any atom is 0.240 e. The van der Waals surface area contributed by atoms with Gasteiger partial charge in [-0.3, -0.25) is 9.69 Å². The lowest BCUT2D eigenvalue weighted by Gasteiger charge is -2.32. The highest BCUT2D eigenvalue weighted by molar-refractivity contribution is 7.14. The predicted octanol–water partition coefficient (Wildman–Crippen LogP) is 4.14. The van der Waals surface area contributed by atoms with E-state index in [1.165, 1.54) is 28.0 Å². The summed E-state index contributed by atoms with van der Waals surface area (Å²) in [5.74, 6) is 0.0213. The first-order valence-corrected chi connectivity index (χ1v) is 11.0. The maximum atomic E-state index is 12.4. The molecule has 1 aliphatic rings. The van der Waals surface area contributed by atoms with Crippen molar-refractivity contribution in [1.82, 2.24) is 15.2 Å². The monoisotopic (exact) mass is 400 g/mol. The van der Waals surface area contributed by atoms with E-state index in [4.69, 9.17) is 0 Å². The Hall–Kier alpha value is -1.76. The van der Waals surface area contributed by atoms with E-state index in [-0.39, 0.29) is 5.91 Å². The van der Waals surface area contributed by atoms with Gasteiger partial charge in [-0.15, -0.1) is 11.3 Å². The molecule has 5 nitrogen and oxygen atoms in total. The van der Waals surface area contributed by atoms with Gasteiger partial charge in [-0.25, -0.2) is 4.98 Å². The van der Waals surface area contributed by atoms with E-state index in [1.807, 2.05) is 5.38 Å². The van der Waals surface area contributed by atoms with Gasteiger partial charge >= 0.3 is 0 Å². The highest BCUT2D eigenvalue weighted by Crippen LogP contribution is 2.29. The number of aromatic nitrogens is 1. The van der Waals surface area contributed by atoms with Crippen LogP contribution in [-0.2, 0) is 4.79 Å². The number of carbonyl (C=O) groups is 1. The quantitative estimate of drug-likeness (QED) is 0.765. The molecule has 0 aliphatic carbocycles. The summed E-state index contributed by atoms with van der Waals surface area (Å²) in [6, 6.07) is 5.46. The number of anilines is 1. The van der Waals surface area contributed by atoms with Crippen LogP contribution in [0.4, 0.5) is 5.13 Å². The number of benzene rings is 1. The minimum atomic E-state index is 0.0213. The van der Waals surface area contributed by atoms with Gasteiger partial charge in [0, 0.05) is 36.1 Å². The molecule has 28 heavy (non-hydrogen) atoms. The standard InChI is InChI=1S/C22H32N4OS/c1-14(2)23-18-6-8-26(9-7-18)12-21(27)25-22-24-20(13-28-22)19-11-16(4)15(3)10-17(19)5/h10-11,13-14,18,23H,6-9,12H2,1-5H3,(H,24,25,27). The molecule has 2 aromatic rings. The predicted molar refractivity (Wildman–Crippen MR) is 118 cm³/mol. The van der Waals surface area contributed by atoms with Crippen LogP contribution in [0.1, 0.15) is 43.4 Å². The second-order valence-corrected chi connectivity index (χ2v) is 9.07. The number of rotatable bonds is 6. The third kappa shape index (κ3) is 5.40. The van der Waals surface area contributed by atoms with Crippen LogP contribution in [0, 0.1) is 20.8 Å². The number of thiazole rings is 1. The van der Waals surface area contributed by atoms with Gasteiger partial charge in [-0.05, 0) is 56.4 Å². The number of hydrogen-bond donors (Lipinski definition) is 2. The van der Waals surface area contributed by atoms with Crippen molar-refractivity contribution in [2.24, 2.45) is 0 Å². The summed E-state index contributed by atoms with van der Waals surface area (Å²) in [4.78, 5) is 19.3. The van der Waals surface area contributed by atoms with Crippen molar-refractivity contribution < 1.29 is 4.79 Å². The third-order valence-corrected chi connectivity index (χ3v) is 6.15. The Morgan fingerprint density at radius 1 is 1.18 bits per heavy atom. The van der Waals surface area contributed by atoms with Crippen molar-refractivity contribution >= 4 is 22.4 Å². The summed E-state index contributed by atoms with van der Waals surface area (Å²) in [5, 5.41) is 9.27. The molecular formula is C22H32N4OS.